The van der Waals surface area contributed by atoms with E-state index < -0.39 is 11.9 Å². The van der Waals surface area contributed by atoms with Crippen molar-refractivity contribution in [3.63, 3.8) is 0 Å². The largest absolute Gasteiger partial charge is 0.433 e. The summed E-state index contributed by atoms with van der Waals surface area (Å²) in [5.41, 5.74) is -0.137. The zero-order chi connectivity index (χ0) is 14.0. The van der Waals surface area contributed by atoms with Gasteiger partial charge in [0.2, 0.25) is 0 Å². The Balaban J connectivity index is 2.37. The maximum atomic E-state index is 12.4. The van der Waals surface area contributed by atoms with Crippen LogP contribution in [0.15, 0.2) is 18.3 Å². The fourth-order valence-electron chi connectivity index (χ4n) is 1.52. The third-order valence-electron chi connectivity index (χ3n) is 2.46. The van der Waals surface area contributed by atoms with Crippen molar-refractivity contribution in [1.82, 2.24) is 9.97 Å². The van der Waals surface area contributed by atoms with Crippen LogP contribution in [0.3, 0.4) is 0 Å². The summed E-state index contributed by atoms with van der Waals surface area (Å²) in [7, 11) is 0. The van der Waals surface area contributed by atoms with E-state index in [0.29, 0.717) is 29.0 Å². The van der Waals surface area contributed by atoms with E-state index in [1.165, 1.54) is 17.4 Å². The lowest BCUT2D eigenvalue weighted by molar-refractivity contribution is -0.141. The normalized spacial score (nSPS) is 11.6. The van der Waals surface area contributed by atoms with Gasteiger partial charge in [-0.15, -0.1) is 11.3 Å². The second-order valence-electron chi connectivity index (χ2n) is 3.73. The van der Waals surface area contributed by atoms with E-state index in [1.807, 2.05) is 6.92 Å². The number of halogens is 3. The van der Waals surface area contributed by atoms with Crippen molar-refractivity contribution in [2.45, 2.75) is 19.5 Å². The van der Waals surface area contributed by atoms with Crippen molar-refractivity contribution in [2.24, 2.45) is 0 Å². The van der Waals surface area contributed by atoms with Gasteiger partial charge >= 0.3 is 6.18 Å². The lowest BCUT2D eigenvalue weighted by Crippen LogP contribution is -2.07. The molecule has 0 radical (unpaired) electrons. The van der Waals surface area contributed by atoms with Crippen LogP contribution in [0.1, 0.15) is 28.0 Å². The summed E-state index contributed by atoms with van der Waals surface area (Å²) in [5, 5.41) is 0.500. The molecule has 0 unspecified atom stereocenters. The van der Waals surface area contributed by atoms with Crippen LogP contribution in [0.25, 0.3) is 10.6 Å². The number of carbonyl (C=O) groups excluding carboxylic acids is 1. The molecule has 2 rings (SSSR count). The minimum Gasteiger partial charge on any atom is -0.296 e. The maximum absolute atomic E-state index is 12.4. The predicted octanol–water partition coefficient (Wildman–Crippen LogP) is 3.60. The van der Waals surface area contributed by atoms with Crippen LogP contribution >= 0.6 is 11.3 Å². The minimum atomic E-state index is -4.45. The fraction of sp³-hybridized carbons (Fsp3) is 0.250. The number of alkyl halides is 3. The van der Waals surface area contributed by atoms with Crippen LogP contribution in [0.2, 0.25) is 0 Å². The molecular formula is C12H9F3N2OS. The summed E-state index contributed by atoms with van der Waals surface area (Å²) in [5.74, 6) is 0. The lowest BCUT2D eigenvalue weighted by Gasteiger charge is -2.05. The Kier molecular flexibility index (Phi) is 3.66. The van der Waals surface area contributed by atoms with E-state index in [-0.39, 0.29) is 0 Å². The molecule has 0 N–H and O–H groups in total. The first-order valence-corrected chi connectivity index (χ1v) is 6.26. The Morgan fingerprint density at radius 1 is 1.37 bits per heavy atom. The predicted molar refractivity (Wildman–Crippen MR) is 65.1 cm³/mol. The highest BCUT2D eigenvalue weighted by atomic mass is 32.1. The van der Waals surface area contributed by atoms with Crippen LogP contribution in [0.4, 0.5) is 13.2 Å². The summed E-state index contributed by atoms with van der Waals surface area (Å²) in [6, 6.07) is 2.21. The zero-order valence-corrected chi connectivity index (χ0v) is 10.7. The lowest BCUT2D eigenvalue weighted by atomic mass is 10.2. The Morgan fingerprint density at radius 3 is 2.53 bits per heavy atom. The van der Waals surface area contributed by atoms with E-state index in [0.717, 1.165) is 17.1 Å². The Labute approximate surface area is 111 Å². The van der Waals surface area contributed by atoms with Crippen molar-refractivity contribution in [2.75, 3.05) is 0 Å². The van der Waals surface area contributed by atoms with Crippen molar-refractivity contribution in [1.29, 1.82) is 0 Å². The number of aryl methyl sites for hydroxylation is 1. The molecule has 0 aliphatic carbocycles. The standard InChI is InChI=1S/C12H9F3N2OS/c1-2-9-8(6-18)17-11(19-9)7-3-4-10(16-5-7)12(13,14)15/h3-6H,2H2,1H3. The molecular weight excluding hydrogens is 277 g/mol. The van der Waals surface area contributed by atoms with Gasteiger partial charge in [0.1, 0.15) is 16.4 Å². The molecule has 0 saturated carbocycles. The number of pyridine rings is 1. The highest BCUT2D eigenvalue weighted by Gasteiger charge is 2.32. The number of hydrogen-bond acceptors (Lipinski definition) is 4. The molecule has 0 aromatic carbocycles. The van der Waals surface area contributed by atoms with Gasteiger partial charge in [-0.3, -0.25) is 9.78 Å². The second-order valence-corrected chi connectivity index (χ2v) is 4.81. The van der Waals surface area contributed by atoms with Crippen LogP contribution < -0.4 is 0 Å². The molecule has 3 nitrogen and oxygen atoms in total. The molecule has 0 fully saturated rings. The first-order chi connectivity index (χ1) is 8.95. The molecule has 0 spiro atoms. The number of hydrogen-bond donors (Lipinski definition) is 0. The quantitative estimate of drug-likeness (QED) is 0.810. The highest BCUT2D eigenvalue weighted by Crippen LogP contribution is 2.31. The van der Waals surface area contributed by atoms with Gasteiger partial charge < -0.3 is 0 Å². The summed E-state index contributed by atoms with van der Waals surface area (Å²) in [6.07, 6.45) is -2.03. The molecule has 19 heavy (non-hydrogen) atoms. The number of aromatic nitrogens is 2. The molecule has 0 atom stereocenters. The van der Waals surface area contributed by atoms with Crippen molar-refractivity contribution in [3.8, 4) is 10.6 Å². The van der Waals surface area contributed by atoms with Crippen LogP contribution in [0, 0.1) is 0 Å². The van der Waals surface area contributed by atoms with Gasteiger partial charge in [0, 0.05) is 16.6 Å². The van der Waals surface area contributed by atoms with E-state index in [4.69, 9.17) is 0 Å². The van der Waals surface area contributed by atoms with Crippen LogP contribution in [0.5, 0.6) is 0 Å². The van der Waals surface area contributed by atoms with Crippen molar-refractivity contribution in [3.05, 3.63) is 34.6 Å². The molecule has 0 bridgehead atoms. The first kappa shape index (κ1) is 13.7. The first-order valence-electron chi connectivity index (χ1n) is 5.44. The van der Waals surface area contributed by atoms with Crippen molar-refractivity contribution < 1.29 is 18.0 Å². The molecule has 0 aliphatic rings. The molecule has 2 heterocycles. The zero-order valence-electron chi connectivity index (χ0n) is 9.86. The summed E-state index contributed by atoms with van der Waals surface area (Å²) in [4.78, 5) is 19.1. The smallest absolute Gasteiger partial charge is 0.296 e. The average molecular weight is 286 g/mol. The number of carbonyl (C=O) groups is 1. The molecule has 2 aromatic rings. The Hall–Kier alpha value is -1.76. The second kappa shape index (κ2) is 5.08. The van der Waals surface area contributed by atoms with Gasteiger partial charge in [-0.25, -0.2) is 4.98 Å². The maximum Gasteiger partial charge on any atom is 0.433 e. The monoisotopic (exact) mass is 286 g/mol. The Morgan fingerprint density at radius 2 is 2.11 bits per heavy atom. The van der Waals surface area contributed by atoms with Gasteiger partial charge in [0.05, 0.1) is 0 Å². The summed E-state index contributed by atoms with van der Waals surface area (Å²) in [6.45, 7) is 1.88. The van der Waals surface area contributed by atoms with Gasteiger partial charge in [0.25, 0.3) is 0 Å². The average Bonchev–Trinajstić information content (AvgIpc) is 2.81. The fourth-order valence-corrected chi connectivity index (χ4v) is 2.48. The molecule has 100 valence electrons. The number of nitrogens with zero attached hydrogens (tertiary/aromatic N) is 2. The van der Waals surface area contributed by atoms with Crippen molar-refractivity contribution >= 4 is 17.6 Å². The minimum absolute atomic E-state index is 0.336. The van der Waals surface area contributed by atoms with Gasteiger partial charge in [-0.1, -0.05) is 6.92 Å². The van der Waals surface area contributed by atoms with E-state index in [1.54, 1.807) is 0 Å². The third-order valence-corrected chi connectivity index (χ3v) is 3.73. The topological polar surface area (TPSA) is 42.9 Å². The molecule has 2 aromatic heterocycles. The van der Waals surface area contributed by atoms with E-state index in [9.17, 15) is 18.0 Å². The van der Waals surface area contributed by atoms with Gasteiger partial charge in [0.15, 0.2) is 6.29 Å². The van der Waals surface area contributed by atoms with E-state index in [2.05, 4.69) is 9.97 Å². The molecule has 0 aliphatic heterocycles. The van der Waals surface area contributed by atoms with Crippen LogP contribution in [-0.4, -0.2) is 16.3 Å². The van der Waals surface area contributed by atoms with Gasteiger partial charge in [-0.2, -0.15) is 13.2 Å². The third kappa shape index (κ3) is 2.81. The number of rotatable bonds is 3. The van der Waals surface area contributed by atoms with Gasteiger partial charge in [-0.05, 0) is 18.6 Å². The number of thiazole rings is 1. The molecule has 7 heteroatoms. The SMILES string of the molecule is CCc1sc(-c2ccc(C(F)(F)F)nc2)nc1C=O. The molecule has 0 amide bonds. The Bertz CT molecular complexity index is 590. The van der Waals surface area contributed by atoms with Crippen LogP contribution in [-0.2, 0) is 12.6 Å². The number of aldehydes is 1. The highest BCUT2D eigenvalue weighted by molar-refractivity contribution is 7.15. The molecule has 0 saturated heterocycles. The summed E-state index contributed by atoms with van der Waals surface area (Å²) < 4.78 is 37.1. The van der Waals surface area contributed by atoms with E-state index >= 15 is 0 Å². The summed E-state index contributed by atoms with van der Waals surface area (Å²) >= 11 is 1.29.